The van der Waals surface area contributed by atoms with Gasteiger partial charge in [-0.05, 0) is 61.3 Å². The Labute approximate surface area is 175 Å². The average Bonchev–Trinajstić information content (AvgIpc) is 2.74. The highest BCUT2D eigenvalue weighted by Crippen LogP contribution is 2.22. The van der Waals surface area contributed by atoms with Gasteiger partial charge in [-0.1, -0.05) is 12.1 Å². The van der Waals surface area contributed by atoms with E-state index in [0.717, 1.165) is 54.4 Å². The molecule has 29 heavy (non-hydrogen) atoms. The number of ether oxygens (including phenoxy) is 1. The number of anilines is 1. The molecule has 1 heterocycles. The number of carbonyl (C=O) groups excluding carboxylic acids is 2. The van der Waals surface area contributed by atoms with Gasteiger partial charge in [-0.2, -0.15) is 0 Å². The predicted octanol–water partition coefficient (Wildman–Crippen LogP) is 3.12. The summed E-state index contributed by atoms with van der Waals surface area (Å²) in [4.78, 5) is 26.9. The monoisotopic (exact) mass is 413 g/mol. The van der Waals surface area contributed by atoms with E-state index in [1.165, 1.54) is 11.8 Å². The molecule has 6 nitrogen and oxygen atoms in total. The van der Waals surface area contributed by atoms with Crippen LogP contribution in [0.4, 0.5) is 5.69 Å². The fraction of sp³-hybridized carbons (Fsp3) is 0.364. The summed E-state index contributed by atoms with van der Waals surface area (Å²) >= 11 is 1.48. The number of amides is 2. The Balaban J connectivity index is 1.45. The second-order valence-corrected chi connectivity index (χ2v) is 8.23. The summed E-state index contributed by atoms with van der Waals surface area (Å²) in [6.45, 7) is 2.48. The minimum Gasteiger partial charge on any atom is -0.497 e. The molecule has 7 heteroatoms. The van der Waals surface area contributed by atoms with Crippen LogP contribution in [-0.2, 0) is 16.1 Å². The fourth-order valence-corrected chi connectivity index (χ4v) is 4.10. The number of rotatable bonds is 8. The maximum absolute atomic E-state index is 12.2. The zero-order chi connectivity index (χ0) is 20.6. The summed E-state index contributed by atoms with van der Waals surface area (Å²) in [6, 6.07) is 15.5. The molecule has 1 fully saturated rings. The van der Waals surface area contributed by atoms with E-state index >= 15 is 0 Å². The molecule has 1 aliphatic heterocycles. The van der Waals surface area contributed by atoms with Crippen LogP contribution in [0.3, 0.4) is 0 Å². The highest BCUT2D eigenvalue weighted by atomic mass is 32.2. The molecule has 1 aliphatic rings. The quantitative estimate of drug-likeness (QED) is 0.650. The summed E-state index contributed by atoms with van der Waals surface area (Å²) < 4.78 is 5.13. The molecule has 154 valence electrons. The molecular formula is C22H27N3O3S. The summed E-state index contributed by atoms with van der Waals surface area (Å²) in [5.74, 6) is 0.842. The first-order valence-electron chi connectivity index (χ1n) is 9.71. The van der Waals surface area contributed by atoms with Gasteiger partial charge >= 0.3 is 0 Å². The van der Waals surface area contributed by atoms with Crippen LogP contribution in [0.25, 0.3) is 0 Å². The number of hydrogen-bond acceptors (Lipinski definition) is 5. The van der Waals surface area contributed by atoms with E-state index in [2.05, 4.69) is 10.2 Å². The molecule has 2 aromatic carbocycles. The van der Waals surface area contributed by atoms with Crippen molar-refractivity contribution >= 4 is 29.3 Å². The van der Waals surface area contributed by atoms with Gasteiger partial charge in [0.1, 0.15) is 5.75 Å². The van der Waals surface area contributed by atoms with E-state index in [1.807, 2.05) is 48.5 Å². The van der Waals surface area contributed by atoms with Crippen LogP contribution < -0.4 is 15.8 Å². The normalized spacial score (nSPS) is 16.9. The Kier molecular flexibility index (Phi) is 7.55. The van der Waals surface area contributed by atoms with Crippen LogP contribution in [0, 0.1) is 5.92 Å². The van der Waals surface area contributed by atoms with Crippen molar-refractivity contribution in [1.29, 1.82) is 0 Å². The predicted molar refractivity (Wildman–Crippen MR) is 116 cm³/mol. The van der Waals surface area contributed by atoms with Crippen LogP contribution in [0.5, 0.6) is 5.75 Å². The van der Waals surface area contributed by atoms with Crippen molar-refractivity contribution in [2.75, 3.05) is 31.3 Å². The summed E-state index contributed by atoms with van der Waals surface area (Å²) in [7, 11) is 1.63. The topological polar surface area (TPSA) is 84.7 Å². The van der Waals surface area contributed by atoms with Crippen molar-refractivity contribution in [3.05, 3.63) is 54.1 Å². The highest BCUT2D eigenvalue weighted by molar-refractivity contribution is 8.00. The number of thioether (sulfide) groups is 1. The second kappa shape index (κ2) is 10.3. The van der Waals surface area contributed by atoms with E-state index in [0.29, 0.717) is 5.75 Å². The number of carbonyl (C=O) groups is 2. The first kappa shape index (κ1) is 21.2. The number of benzene rings is 2. The number of primary amides is 1. The number of piperidine rings is 1. The highest BCUT2D eigenvalue weighted by Gasteiger charge is 2.23. The molecule has 3 rings (SSSR count). The largest absolute Gasteiger partial charge is 0.497 e. The van der Waals surface area contributed by atoms with Gasteiger partial charge < -0.3 is 15.8 Å². The van der Waals surface area contributed by atoms with Gasteiger partial charge in [-0.25, -0.2) is 0 Å². The third-order valence-corrected chi connectivity index (χ3v) is 5.99. The third-order valence-electron chi connectivity index (χ3n) is 4.98. The molecule has 0 radical (unpaired) electrons. The van der Waals surface area contributed by atoms with Crippen molar-refractivity contribution in [2.45, 2.75) is 24.3 Å². The lowest BCUT2D eigenvalue weighted by molar-refractivity contribution is -0.123. The molecule has 0 aliphatic carbocycles. The Bertz CT molecular complexity index is 824. The number of nitrogens with zero attached hydrogens (tertiary/aromatic N) is 1. The standard InChI is InChI=1S/C22H27N3O3S/c1-28-19-8-10-20(11-9-19)29-15-21(26)24-18-6-4-16(5-7-18)13-25-12-2-3-17(14-25)22(23)27/h4-11,17H,2-3,12-15H2,1H3,(H2,23,27)(H,24,26). The maximum Gasteiger partial charge on any atom is 0.234 e. The molecule has 0 spiro atoms. The van der Waals surface area contributed by atoms with Crippen molar-refractivity contribution in [3.8, 4) is 5.75 Å². The van der Waals surface area contributed by atoms with Gasteiger partial charge in [0, 0.05) is 23.7 Å². The molecule has 3 N–H and O–H groups in total. The minimum absolute atomic E-state index is 0.0427. The summed E-state index contributed by atoms with van der Waals surface area (Å²) in [5.41, 5.74) is 7.38. The van der Waals surface area contributed by atoms with Gasteiger partial charge in [0.15, 0.2) is 0 Å². The molecule has 1 saturated heterocycles. The van der Waals surface area contributed by atoms with Gasteiger partial charge in [-0.3, -0.25) is 14.5 Å². The van der Waals surface area contributed by atoms with E-state index in [1.54, 1.807) is 7.11 Å². The molecule has 1 unspecified atom stereocenters. The average molecular weight is 414 g/mol. The van der Waals surface area contributed by atoms with E-state index in [-0.39, 0.29) is 17.7 Å². The number of nitrogens with one attached hydrogen (secondary N) is 1. The van der Waals surface area contributed by atoms with E-state index in [9.17, 15) is 9.59 Å². The van der Waals surface area contributed by atoms with Gasteiger partial charge in [0.2, 0.25) is 11.8 Å². The number of methoxy groups -OCH3 is 1. The fourth-order valence-electron chi connectivity index (χ4n) is 3.40. The zero-order valence-corrected chi connectivity index (χ0v) is 17.4. The third kappa shape index (κ3) is 6.51. The summed E-state index contributed by atoms with van der Waals surface area (Å²) in [6.07, 6.45) is 1.87. The molecule has 0 aromatic heterocycles. The van der Waals surface area contributed by atoms with Crippen molar-refractivity contribution in [2.24, 2.45) is 11.7 Å². The SMILES string of the molecule is COc1ccc(SCC(=O)Nc2ccc(CN3CCCC(C(N)=O)C3)cc2)cc1. The Morgan fingerprint density at radius 3 is 2.55 bits per heavy atom. The first-order valence-corrected chi connectivity index (χ1v) is 10.7. The van der Waals surface area contributed by atoms with Crippen molar-refractivity contribution < 1.29 is 14.3 Å². The smallest absolute Gasteiger partial charge is 0.234 e. The van der Waals surface area contributed by atoms with Crippen LogP contribution in [0.1, 0.15) is 18.4 Å². The van der Waals surface area contributed by atoms with E-state index in [4.69, 9.17) is 10.5 Å². The lowest BCUT2D eigenvalue weighted by atomic mass is 9.97. The Morgan fingerprint density at radius 2 is 1.90 bits per heavy atom. The van der Waals surface area contributed by atoms with Crippen LogP contribution in [0.2, 0.25) is 0 Å². The van der Waals surface area contributed by atoms with Gasteiger partial charge in [0.05, 0.1) is 18.8 Å². The zero-order valence-electron chi connectivity index (χ0n) is 16.6. The molecule has 0 saturated carbocycles. The number of hydrogen-bond donors (Lipinski definition) is 2. The molecule has 1 atom stereocenters. The number of likely N-dealkylation sites (tertiary alicyclic amines) is 1. The molecule has 2 aromatic rings. The Hall–Kier alpha value is -2.51. The maximum atomic E-state index is 12.2. The van der Waals surface area contributed by atoms with E-state index < -0.39 is 0 Å². The first-order chi connectivity index (χ1) is 14.0. The van der Waals surface area contributed by atoms with Crippen molar-refractivity contribution in [1.82, 2.24) is 4.90 Å². The number of nitrogens with two attached hydrogens (primary N) is 1. The van der Waals surface area contributed by atoms with Gasteiger partial charge in [-0.15, -0.1) is 11.8 Å². The van der Waals surface area contributed by atoms with Gasteiger partial charge in [0.25, 0.3) is 0 Å². The van der Waals surface area contributed by atoms with Crippen LogP contribution in [-0.4, -0.2) is 42.7 Å². The molecular weight excluding hydrogens is 386 g/mol. The molecule has 0 bridgehead atoms. The van der Waals surface area contributed by atoms with Crippen LogP contribution in [0.15, 0.2) is 53.4 Å². The minimum atomic E-state index is -0.208. The second-order valence-electron chi connectivity index (χ2n) is 7.19. The lowest BCUT2D eigenvalue weighted by Gasteiger charge is -2.31. The van der Waals surface area contributed by atoms with Crippen LogP contribution >= 0.6 is 11.8 Å². The lowest BCUT2D eigenvalue weighted by Crippen LogP contribution is -2.40. The molecule has 2 amide bonds. The summed E-state index contributed by atoms with van der Waals surface area (Å²) in [5, 5.41) is 2.93. The Morgan fingerprint density at radius 1 is 1.17 bits per heavy atom. The van der Waals surface area contributed by atoms with Crippen molar-refractivity contribution in [3.63, 3.8) is 0 Å².